The van der Waals surface area contributed by atoms with Gasteiger partial charge < -0.3 is 5.32 Å². The molecular weight excluding hydrogens is 218 g/mol. The van der Waals surface area contributed by atoms with Crippen LogP contribution in [0.25, 0.3) is 0 Å². The highest BCUT2D eigenvalue weighted by atomic mass is 79.9. The maximum Gasteiger partial charge on any atom is 0.230 e. The van der Waals surface area contributed by atoms with Crippen molar-refractivity contribution in [2.45, 2.75) is 32.1 Å². The van der Waals surface area contributed by atoms with Crippen molar-refractivity contribution in [1.29, 1.82) is 0 Å². The van der Waals surface area contributed by atoms with Gasteiger partial charge in [0.05, 0.1) is 5.33 Å². The van der Waals surface area contributed by atoms with Crippen LogP contribution < -0.4 is 5.32 Å². The average molecular weight is 234 g/mol. The molecule has 0 radical (unpaired) electrons. The molecule has 0 atom stereocenters. The van der Waals surface area contributed by atoms with Crippen molar-refractivity contribution in [3.63, 3.8) is 0 Å². The molecule has 3 heteroatoms. The first-order valence-corrected chi connectivity index (χ1v) is 5.77. The molecule has 0 aromatic heterocycles. The first-order chi connectivity index (χ1) is 5.83. The van der Waals surface area contributed by atoms with Crippen LogP contribution in [-0.4, -0.2) is 17.8 Å². The molecule has 1 rings (SSSR count). The van der Waals surface area contributed by atoms with Gasteiger partial charge in [0, 0.05) is 6.54 Å². The normalized spacial score (nSPS) is 18.1. The van der Waals surface area contributed by atoms with E-state index in [2.05, 4.69) is 21.2 Å². The monoisotopic (exact) mass is 233 g/mol. The van der Waals surface area contributed by atoms with Crippen LogP contribution in [-0.2, 0) is 4.79 Å². The van der Waals surface area contributed by atoms with Gasteiger partial charge in [-0.1, -0.05) is 41.6 Å². The number of nitrogens with one attached hydrogen (secondary N) is 1. The zero-order valence-electron chi connectivity index (χ0n) is 7.31. The van der Waals surface area contributed by atoms with Crippen LogP contribution in [0.15, 0.2) is 0 Å². The molecule has 1 aliphatic carbocycles. The summed E-state index contributed by atoms with van der Waals surface area (Å²) >= 11 is 3.12. The predicted octanol–water partition coefficient (Wildman–Crippen LogP) is 2.08. The van der Waals surface area contributed by atoms with Crippen molar-refractivity contribution >= 4 is 21.8 Å². The van der Waals surface area contributed by atoms with Crippen LogP contribution in [0.2, 0.25) is 0 Å². The van der Waals surface area contributed by atoms with Gasteiger partial charge >= 0.3 is 0 Å². The lowest BCUT2D eigenvalue weighted by Gasteiger charge is -2.08. The fourth-order valence-electron chi connectivity index (χ4n) is 1.76. The summed E-state index contributed by atoms with van der Waals surface area (Å²) in [5.41, 5.74) is 0. The van der Waals surface area contributed by atoms with Gasteiger partial charge in [0.2, 0.25) is 5.91 Å². The molecule has 0 heterocycles. The molecule has 2 nitrogen and oxygen atoms in total. The number of alkyl halides is 1. The Bertz CT molecular complexity index is 143. The second kappa shape index (κ2) is 5.57. The minimum Gasteiger partial charge on any atom is -0.355 e. The molecule has 0 spiro atoms. The summed E-state index contributed by atoms with van der Waals surface area (Å²) < 4.78 is 0. The van der Waals surface area contributed by atoms with E-state index >= 15 is 0 Å². The van der Waals surface area contributed by atoms with Gasteiger partial charge in [0.1, 0.15) is 0 Å². The molecule has 0 saturated heterocycles. The summed E-state index contributed by atoms with van der Waals surface area (Å²) in [7, 11) is 0. The lowest BCUT2D eigenvalue weighted by molar-refractivity contribution is -0.118. The maximum absolute atomic E-state index is 10.8. The second-order valence-corrected chi connectivity index (χ2v) is 3.98. The Morgan fingerprint density at radius 1 is 1.42 bits per heavy atom. The highest BCUT2D eigenvalue weighted by Crippen LogP contribution is 2.26. The summed E-state index contributed by atoms with van der Waals surface area (Å²) in [6.45, 7) is 0.856. The minimum atomic E-state index is 0.105. The van der Waals surface area contributed by atoms with Gasteiger partial charge in [-0.05, 0) is 12.3 Å². The zero-order chi connectivity index (χ0) is 8.81. The van der Waals surface area contributed by atoms with Gasteiger partial charge in [0.15, 0.2) is 0 Å². The smallest absolute Gasteiger partial charge is 0.230 e. The van der Waals surface area contributed by atoms with E-state index in [1.807, 2.05) is 0 Å². The van der Waals surface area contributed by atoms with Crippen LogP contribution in [0, 0.1) is 5.92 Å². The van der Waals surface area contributed by atoms with E-state index in [9.17, 15) is 4.79 Å². The molecule has 1 fully saturated rings. The van der Waals surface area contributed by atoms with E-state index in [-0.39, 0.29) is 5.91 Å². The topological polar surface area (TPSA) is 29.1 Å². The second-order valence-electron chi connectivity index (χ2n) is 3.42. The standard InChI is InChI=1S/C9H16BrNO/c10-7-9(12)11-6-5-8-3-1-2-4-8/h8H,1-7H2,(H,11,12). The lowest BCUT2D eigenvalue weighted by atomic mass is 10.0. The summed E-state index contributed by atoms with van der Waals surface area (Å²) in [6.07, 6.45) is 6.67. The Balaban J connectivity index is 1.97. The molecule has 0 aromatic rings. The summed E-state index contributed by atoms with van der Waals surface area (Å²) in [5, 5.41) is 3.30. The van der Waals surface area contributed by atoms with E-state index in [0.717, 1.165) is 12.5 Å². The Labute approximate surface area is 82.2 Å². The molecule has 70 valence electrons. The van der Waals surface area contributed by atoms with E-state index in [1.165, 1.54) is 32.1 Å². The van der Waals surface area contributed by atoms with E-state index < -0.39 is 0 Å². The van der Waals surface area contributed by atoms with Gasteiger partial charge in [-0.3, -0.25) is 4.79 Å². The third-order valence-electron chi connectivity index (χ3n) is 2.47. The summed E-state index contributed by atoms with van der Waals surface area (Å²) in [5.74, 6) is 0.980. The minimum absolute atomic E-state index is 0.105. The van der Waals surface area contributed by atoms with Crippen molar-refractivity contribution in [2.24, 2.45) is 5.92 Å². The van der Waals surface area contributed by atoms with Gasteiger partial charge in [-0.25, -0.2) is 0 Å². The highest BCUT2D eigenvalue weighted by molar-refractivity contribution is 9.09. The Morgan fingerprint density at radius 3 is 2.67 bits per heavy atom. The van der Waals surface area contributed by atoms with Crippen LogP contribution >= 0.6 is 15.9 Å². The maximum atomic E-state index is 10.8. The number of carbonyl (C=O) groups is 1. The number of amides is 1. The zero-order valence-corrected chi connectivity index (χ0v) is 8.90. The molecule has 12 heavy (non-hydrogen) atoms. The molecule has 0 aromatic carbocycles. The van der Waals surface area contributed by atoms with Crippen molar-refractivity contribution in [2.75, 3.05) is 11.9 Å². The first-order valence-electron chi connectivity index (χ1n) is 4.65. The van der Waals surface area contributed by atoms with Crippen LogP contribution in [0.1, 0.15) is 32.1 Å². The van der Waals surface area contributed by atoms with Crippen molar-refractivity contribution < 1.29 is 4.79 Å². The van der Waals surface area contributed by atoms with Gasteiger partial charge in [-0.15, -0.1) is 0 Å². The number of halogens is 1. The van der Waals surface area contributed by atoms with E-state index in [4.69, 9.17) is 0 Å². The van der Waals surface area contributed by atoms with E-state index in [1.54, 1.807) is 0 Å². The molecular formula is C9H16BrNO. The fraction of sp³-hybridized carbons (Fsp3) is 0.889. The summed E-state index contributed by atoms with van der Waals surface area (Å²) in [4.78, 5) is 10.8. The predicted molar refractivity (Wildman–Crippen MR) is 53.4 cm³/mol. The lowest BCUT2D eigenvalue weighted by Crippen LogP contribution is -2.26. The number of carbonyl (C=O) groups excluding carboxylic acids is 1. The Kier molecular flexibility index (Phi) is 4.66. The molecule has 0 aliphatic heterocycles. The SMILES string of the molecule is O=C(CBr)NCCC1CCCC1. The van der Waals surface area contributed by atoms with Crippen LogP contribution in [0.4, 0.5) is 0 Å². The van der Waals surface area contributed by atoms with Gasteiger partial charge in [-0.2, -0.15) is 0 Å². The van der Waals surface area contributed by atoms with Crippen molar-refractivity contribution in [3.05, 3.63) is 0 Å². The molecule has 1 saturated carbocycles. The fourth-order valence-corrected chi connectivity index (χ4v) is 1.96. The van der Waals surface area contributed by atoms with Crippen LogP contribution in [0.3, 0.4) is 0 Å². The Hall–Kier alpha value is -0.0500. The van der Waals surface area contributed by atoms with Crippen molar-refractivity contribution in [1.82, 2.24) is 5.32 Å². The molecule has 1 amide bonds. The Morgan fingerprint density at radius 2 is 2.08 bits per heavy atom. The average Bonchev–Trinajstić information content (AvgIpc) is 2.57. The van der Waals surface area contributed by atoms with Gasteiger partial charge in [0.25, 0.3) is 0 Å². The van der Waals surface area contributed by atoms with Crippen LogP contribution in [0.5, 0.6) is 0 Å². The third-order valence-corrected chi connectivity index (χ3v) is 2.98. The first kappa shape index (κ1) is 10.0. The number of hydrogen-bond donors (Lipinski definition) is 1. The third kappa shape index (κ3) is 3.57. The number of rotatable bonds is 4. The quantitative estimate of drug-likeness (QED) is 0.741. The molecule has 0 bridgehead atoms. The number of hydrogen-bond acceptors (Lipinski definition) is 1. The molecule has 1 aliphatic rings. The van der Waals surface area contributed by atoms with E-state index in [0.29, 0.717) is 5.33 Å². The highest BCUT2D eigenvalue weighted by Gasteiger charge is 2.14. The molecule has 1 N–H and O–H groups in total. The molecule has 0 unspecified atom stereocenters. The summed E-state index contributed by atoms with van der Waals surface area (Å²) in [6, 6.07) is 0. The van der Waals surface area contributed by atoms with Crippen molar-refractivity contribution in [3.8, 4) is 0 Å². The largest absolute Gasteiger partial charge is 0.355 e.